The Bertz CT molecular complexity index is 471. The van der Waals surface area contributed by atoms with E-state index in [4.69, 9.17) is 5.11 Å². The van der Waals surface area contributed by atoms with Gasteiger partial charge >= 0.3 is 5.97 Å². The van der Waals surface area contributed by atoms with E-state index in [0.29, 0.717) is 5.56 Å². The van der Waals surface area contributed by atoms with Gasteiger partial charge in [-0.2, -0.15) is 0 Å². The molecule has 1 unspecified atom stereocenters. The van der Waals surface area contributed by atoms with Crippen LogP contribution < -0.4 is 5.32 Å². The number of aliphatic carboxylic acids is 1. The van der Waals surface area contributed by atoms with Gasteiger partial charge in [0, 0.05) is 18.2 Å². The van der Waals surface area contributed by atoms with Crippen molar-refractivity contribution >= 4 is 11.7 Å². The highest BCUT2D eigenvalue weighted by atomic mass is 16.6. The lowest BCUT2D eigenvalue weighted by atomic mass is 10.1. The van der Waals surface area contributed by atoms with Gasteiger partial charge in [-0.3, -0.25) is 20.2 Å². The Kier molecular flexibility index (Phi) is 3.57. The van der Waals surface area contributed by atoms with Crippen molar-refractivity contribution < 1.29 is 14.8 Å². The zero-order valence-electron chi connectivity index (χ0n) is 9.70. The number of nitro groups is 1. The maximum Gasteiger partial charge on any atom is 0.320 e. The molecule has 1 atom stereocenters. The van der Waals surface area contributed by atoms with Gasteiger partial charge in [-0.1, -0.05) is 18.2 Å². The second kappa shape index (κ2) is 5.14. The van der Waals surface area contributed by atoms with E-state index < -0.39 is 16.9 Å². The lowest BCUT2D eigenvalue weighted by Crippen LogP contribution is -2.38. The van der Waals surface area contributed by atoms with Crippen molar-refractivity contribution in [1.29, 1.82) is 0 Å². The van der Waals surface area contributed by atoms with Crippen LogP contribution in [0.4, 0.5) is 5.69 Å². The van der Waals surface area contributed by atoms with E-state index in [1.54, 1.807) is 18.2 Å². The molecule has 6 nitrogen and oxygen atoms in total. The topological polar surface area (TPSA) is 92.5 Å². The van der Waals surface area contributed by atoms with Crippen molar-refractivity contribution in [1.82, 2.24) is 5.32 Å². The fourth-order valence-corrected chi connectivity index (χ4v) is 1.94. The number of para-hydroxylation sites is 1. The first kappa shape index (κ1) is 12.5. The Morgan fingerprint density at radius 2 is 2.17 bits per heavy atom. The minimum absolute atomic E-state index is 0.0185. The molecule has 1 aliphatic rings. The van der Waals surface area contributed by atoms with E-state index in [2.05, 4.69) is 5.32 Å². The van der Waals surface area contributed by atoms with Crippen LogP contribution in [0.5, 0.6) is 0 Å². The molecule has 0 spiro atoms. The summed E-state index contributed by atoms with van der Waals surface area (Å²) in [5, 5.41) is 22.7. The fraction of sp³-hybridized carbons (Fsp3) is 0.417. The molecule has 96 valence electrons. The van der Waals surface area contributed by atoms with E-state index in [-0.39, 0.29) is 18.2 Å². The molecule has 0 heterocycles. The number of nitrogens with zero attached hydrogens (tertiary/aromatic N) is 1. The van der Waals surface area contributed by atoms with Gasteiger partial charge in [0.25, 0.3) is 5.69 Å². The highest BCUT2D eigenvalue weighted by Gasteiger charge is 2.36. The molecule has 0 amide bonds. The minimum atomic E-state index is -0.893. The molecule has 1 fully saturated rings. The number of benzene rings is 1. The van der Waals surface area contributed by atoms with E-state index in [1.165, 1.54) is 6.07 Å². The summed E-state index contributed by atoms with van der Waals surface area (Å²) in [5.74, 6) is -0.735. The standard InChI is InChI=1S/C12H14N2O4/c15-12(16)11(8-5-6-8)13-7-9-3-1-2-4-10(9)14(17)18/h1-4,8,11,13H,5-7H2,(H,15,16). The molecule has 0 radical (unpaired) electrons. The fourth-order valence-electron chi connectivity index (χ4n) is 1.94. The second-order valence-electron chi connectivity index (χ2n) is 4.42. The molecule has 1 aromatic rings. The Morgan fingerprint density at radius 1 is 1.50 bits per heavy atom. The Hall–Kier alpha value is -1.95. The number of nitrogens with one attached hydrogen (secondary N) is 1. The zero-order chi connectivity index (χ0) is 13.1. The first-order valence-electron chi connectivity index (χ1n) is 5.78. The van der Waals surface area contributed by atoms with Gasteiger partial charge in [-0.05, 0) is 18.8 Å². The summed E-state index contributed by atoms with van der Waals surface area (Å²) in [6.07, 6.45) is 1.81. The predicted molar refractivity (Wildman–Crippen MR) is 64.1 cm³/mol. The number of nitro benzene ring substituents is 1. The van der Waals surface area contributed by atoms with E-state index in [9.17, 15) is 14.9 Å². The van der Waals surface area contributed by atoms with Crippen LogP contribution in [0, 0.1) is 16.0 Å². The second-order valence-corrected chi connectivity index (χ2v) is 4.42. The third-order valence-corrected chi connectivity index (χ3v) is 3.06. The van der Waals surface area contributed by atoms with Crippen LogP contribution >= 0.6 is 0 Å². The molecule has 0 saturated heterocycles. The maximum atomic E-state index is 11.0. The molecule has 0 aliphatic heterocycles. The Morgan fingerprint density at radius 3 is 2.72 bits per heavy atom. The van der Waals surface area contributed by atoms with Gasteiger partial charge in [0.2, 0.25) is 0 Å². The van der Waals surface area contributed by atoms with Gasteiger partial charge in [-0.15, -0.1) is 0 Å². The van der Waals surface area contributed by atoms with Crippen LogP contribution in [0.1, 0.15) is 18.4 Å². The highest BCUT2D eigenvalue weighted by Crippen LogP contribution is 2.33. The number of carbonyl (C=O) groups is 1. The first-order chi connectivity index (χ1) is 8.59. The van der Waals surface area contributed by atoms with Crippen LogP contribution in [-0.4, -0.2) is 22.0 Å². The molecule has 0 bridgehead atoms. The number of carboxylic acids is 1. The van der Waals surface area contributed by atoms with Gasteiger partial charge in [0.15, 0.2) is 0 Å². The van der Waals surface area contributed by atoms with Crippen molar-refractivity contribution in [2.75, 3.05) is 0 Å². The first-order valence-corrected chi connectivity index (χ1v) is 5.78. The largest absolute Gasteiger partial charge is 0.480 e. The summed E-state index contributed by atoms with van der Waals surface area (Å²) >= 11 is 0. The zero-order valence-corrected chi connectivity index (χ0v) is 9.70. The number of hydrogen-bond acceptors (Lipinski definition) is 4. The number of rotatable bonds is 6. The van der Waals surface area contributed by atoms with Crippen LogP contribution in [0.3, 0.4) is 0 Å². The molecule has 2 N–H and O–H groups in total. The maximum absolute atomic E-state index is 11.0. The lowest BCUT2D eigenvalue weighted by Gasteiger charge is -2.13. The summed E-state index contributed by atoms with van der Waals surface area (Å²) < 4.78 is 0. The van der Waals surface area contributed by atoms with Crippen LogP contribution in [-0.2, 0) is 11.3 Å². The smallest absolute Gasteiger partial charge is 0.320 e. The molecule has 2 rings (SSSR count). The summed E-state index contributed by atoms with van der Waals surface area (Å²) in [6, 6.07) is 5.75. The minimum Gasteiger partial charge on any atom is -0.480 e. The van der Waals surface area contributed by atoms with E-state index >= 15 is 0 Å². The average Bonchev–Trinajstić information content (AvgIpc) is 3.13. The molecule has 1 saturated carbocycles. The Balaban J connectivity index is 2.05. The summed E-state index contributed by atoms with van der Waals surface area (Å²) in [7, 11) is 0. The normalized spacial score (nSPS) is 16.2. The molecule has 1 aliphatic carbocycles. The van der Waals surface area contributed by atoms with Gasteiger partial charge < -0.3 is 5.11 Å². The van der Waals surface area contributed by atoms with Crippen LogP contribution in [0.2, 0.25) is 0 Å². The van der Waals surface area contributed by atoms with Gasteiger partial charge in [-0.25, -0.2) is 0 Å². The third-order valence-electron chi connectivity index (χ3n) is 3.06. The molecule has 18 heavy (non-hydrogen) atoms. The van der Waals surface area contributed by atoms with Crippen molar-refractivity contribution in [3.05, 3.63) is 39.9 Å². The SMILES string of the molecule is O=C(O)C(NCc1ccccc1[N+](=O)[O-])C1CC1. The predicted octanol–water partition coefficient (Wildman–Crippen LogP) is 1.55. The van der Waals surface area contributed by atoms with Crippen LogP contribution in [0.25, 0.3) is 0 Å². The van der Waals surface area contributed by atoms with E-state index in [0.717, 1.165) is 12.8 Å². The monoisotopic (exact) mass is 250 g/mol. The quantitative estimate of drug-likeness (QED) is 0.590. The van der Waals surface area contributed by atoms with Crippen molar-refractivity contribution in [3.8, 4) is 0 Å². The molecule has 6 heteroatoms. The van der Waals surface area contributed by atoms with Crippen LogP contribution in [0.15, 0.2) is 24.3 Å². The molecular formula is C12H14N2O4. The van der Waals surface area contributed by atoms with Crippen molar-refractivity contribution in [2.24, 2.45) is 5.92 Å². The molecule has 0 aromatic heterocycles. The molecule has 1 aromatic carbocycles. The summed E-state index contributed by atoms with van der Waals surface area (Å²) in [4.78, 5) is 21.4. The van der Waals surface area contributed by atoms with Gasteiger partial charge in [0.05, 0.1) is 4.92 Å². The van der Waals surface area contributed by atoms with E-state index in [1.807, 2.05) is 0 Å². The highest BCUT2D eigenvalue weighted by molar-refractivity contribution is 5.74. The number of carboxylic acid groups (broad SMARTS) is 1. The molecular weight excluding hydrogens is 236 g/mol. The van der Waals surface area contributed by atoms with Gasteiger partial charge in [0.1, 0.15) is 6.04 Å². The summed E-state index contributed by atoms with van der Waals surface area (Å²) in [5.41, 5.74) is 0.527. The number of hydrogen-bond donors (Lipinski definition) is 2. The Labute approximate surface area is 104 Å². The van der Waals surface area contributed by atoms with Crippen molar-refractivity contribution in [2.45, 2.75) is 25.4 Å². The average molecular weight is 250 g/mol. The summed E-state index contributed by atoms with van der Waals surface area (Å²) in [6.45, 7) is 0.199. The lowest BCUT2D eigenvalue weighted by molar-refractivity contribution is -0.385. The van der Waals surface area contributed by atoms with Crippen molar-refractivity contribution in [3.63, 3.8) is 0 Å². The third kappa shape index (κ3) is 2.84.